The average molecular weight is 361 g/mol. The molecule has 0 atom stereocenters. The second kappa shape index (κ2) is 37.1. The smallest absolute Gasteiger partial charge is 0.208 e. The van der Waals surface area contributed by atoms with Crippen LogP contribution in [0.1, 0.15) is 53.9 Å². The molecular weight excluding hydrogens is 332 g/mol. The van der Waals surface area contributed by atoms with E-state index in [1.54, 1.807) is 6.19 Å². The van der Waals surface area contributed by atoms with Crippen LogP contribution in [0.4, 0.5) is 0 Å². The lowest BCUT2D eigenvalue weighted by Crippen LogP contribution is -2.01. The van der Waals surface area contributed by atoms with Crippen molar-refractivity contribution >= 4 is 24.2 Å². The van der Waals surface area contributed by atoms with Gasteiger partial charge in [-0.15, -0.1) is 17.4 Å². The van der Waals surface area contributed by atoms with E-state index < -0.39 is 0 Å². The molecule has 9 heteroatoms. The van der Waals surface area contributed by atoms with E-state index in [4.69, 9.17) is 30.7 Å². The molecule has 0 amide bonds. The summed E-state index contributed by atoms with van der Waals surface area (Å²) in [5.41, 5.74) is 4.15. The number of ether oxygens (including phenoxy) is 2. The third kappa shape index (κ3) is 50.5. The number of hydrogen-bond donors (Lipinski definition) is 2. The third-order valence-corrected chi connectivity index (χ3v) is 1.59. The van der Waals surface area contributed by atoms with Crippen LogP contribution in [0, 0.1) is 39.7 Å². The fraction of sp³-hybridized carbons (Fsp3) is 0.667. The topological polar surface area (TPSA) is 152 Å². The summed E-state index contributed by atoms with van der Waals surface area (Å²) in [6.45, 7) is 10.6. The van der Waals surface area contributed by atoms with Gasteiger partial charge in [0.25, 0.3) is 0 Å². The molecule has 24 heavy (non-hydrogen) atoms. The minimum Gasteiger partial charge on any atom is -0.481 e. The molecule has 0 rings (SSSR count). The van der Waals surface area contributed by atoms with E-state index in [2.05, 4.69) is 10.7 Å². The molecule has 3 N–H and O–H groups in total. The first-order valence-corrected chi connectivity index (χ1v) is 7.24. The van der Waals surface area contributed by atoms with E-state index in [1.807, 2.05) is 40.7 Å². The highest BCUT2D eigenvalue weighted by Crippen LogP contribution is 1.87. The lowest BCUT2D eigenvalue weighted by molar-refractivity contribution is 0.315. The maximum atomic E-state index is 8.08. The highest BCUT2D eigenvalue weighted by molar-refractivity contribution is 5.85. The molecule has 0 saturated carbocycles. The van der Waals surface area contributed by atoms with Gasteiger partial charge in [-0.2, -0.15) is 15.8 Å². The zero-order chi connectivity index (χ0) is 18.9. The number of aliphatic imine (C=N–C) groups is 1. The molecule has 0 aromatic heterocycles. The highest BCUT2D eigenvalue weighted by atomic mass is 35.5. The standard InChI is InChI=1S/C6H10N2O.C5H11NO.C3H5N.CH2N2.ClH/c1-3-6(8-5-7)9-4-2;1-3-5(6)7-4-2;1-2-3-4;2-1-3;/h3-4H2,1-2H3;6H,3-4H2,1-2H3;2H2,1H3;2H2;1H. The Balaban J connectivity index is -0.0000000717. The average Bonchev–Trinajstić information content (AvgIpc) is 2.56. The van der Waals surface area contributed by atoms with Crippen LogP contribution in [0.15, 0.2) is 4.99 Å². The van der Waals surface area contributed by atoms with Crippen molar-refractivity contribution in [3.63, 3.8) is 0 Å². The summed E-state index contributed by atoms with van der Waals surface area (Å²) in [5, 5.41) is 29.7. The van der Waals surface area contributed by atoms with E-state index in [0.717, 1.165) is 0 Å². The minimum atomic E-state index is 0. The first-order valence-electron chi connectivity index (χ1n) is 7.24. The Bertz CT molecular complexity index is 408. The van der Waals surface area contributed by atoms with Crippen LogP contribution in [0.2, 0.25) is 0 Å². The van der Waals surface area contributed by atoms with E-state index in [1.165, 1.54) is 6.19 Å². The van der Waals surface area contributed by atoms with Crippen LogP contribution in [0.5, 0.6) is 0 Å². The van der Waals surface area contributed by atoms with Crippen LogP contribution in [0.25, 0.3) is 0 Å². The summed E-state index contributed by atoms with van der Waals surface area (Å²) >= 11 is 0. The van der Waals surface area contributed by atoms with Crippen molar-refractivity contribution in [2.45, 2.75) is 53.9 Å². The van der Waals surface area contributed by atoms with Crippen molar-refractivity contribution < 1.29 is 9.47 Å². The molecule has 0 spiro atoms. The Labute approximate surface area is 151 Å². The predicted molar refractivity (Wildman–Crippen MR) is 97.6 cm³/mol. The molecule has 0 aliphatic carbocycles. The van der Waals surface area contributed by atoms with E-state index >= 15 is 0 Å². The second-order valence-corrected chi connectivity index (χ2v) is 3.24. The number of nitrogens with one attached hydrogen (secondary N) is 1. The number of rotatable bonds is 4. The Morgan fingerprint density at radius 1 is 1.00 bits per heavy atom. The summed E-state index contributed by atoms with van der Waals surface area (Å²) in [6, 6.07) is 1.93. The third-order valence-electron chi connectivity index (χ3n) is 1.59. The fourth-order valence-corrected chi connectivity index (χ4v) is 0.712. The summed E-state index contributed by atoms with van der Waals surface area (Å²) in [7, 11) is 0. The fourth-order valence-electron chi connectivity index (χ4n) is 0.712. The quantitative estimate of drug-likeness (QED) is 0.338. The molecule has 8 nitrogen and oxygen atoms in total. The first-order chi connectivity index (χ1) is 11.0. The number of nitriles is 3. The van der Waals surface area contributed by atoms with Gasteiger partial charge in [0.15, 0.2) is 18.0 Å². The Hall–Kier alpha value is -2.50. The van der Waals surface area contributed by atoms with Crippen molar-refractivity contribution in [2.75, 3.05) is 13.2 Å². The zero-order valence-corrected chi connectivity index (χ0v) is 15.9. The molecule has 0 radical (unpaired) electrons. The van der Waals surface area contributed by atoms with Gasteiger partial charge in [0.05, 0.1) is 19.3 Å². The number of halogens is 1. The molecule has 0 aromatic carbocycles. The van der Waals surface area contributed by atoms with Crippen LogP contribution in [-0.4, -0.2) is 25.0 Å². The van der Waals surface area contributed by atoms with Gasteiger partial charge in [0.2, 0.25) is 6.19 Å². The number of nitrogens with two attached hydrogens (primary N) is 1. The zero-order valence-electron chi connectivity index (χ0n) is 15.1. The molecule has 0 heterocycles. The van der Waals surface area contributed by atoms with Crippen molar-refractivity contribution in [3.8, 4) is 18.5 Å². The van der Waals surface area contributed by atoms with Crippen LogP contribution < -0.4 is 5.73 Å². The summed E-state index contributed by atoms with van der Waals surface area (Å²) < 4.78 is 9.73. The SMILES string of the molecule is CCC#N.CCOC(=N)CC.CCOC(CC)=NC#N.Cl.N#CN. The summed E-state index contributed by atoms with van der Waals surface area (Å²) in [6.07, 6.45) is 4.93. The maximum Gasteiger partial charge on any atom is 0.208 e. The molecule has 0 saturated heterocycles. The van der Waals surface area contributed by atoms with E-state index in [-0.39, 0.29) is 12.4 Å². The number of nitrogens with zero attached hydrogens (tertiary/aromatic N) is 4. The lowest BCUT2D eigenvalue weighted by atomic mass is 10.5. The molecule has 0 unspecified atom stereocenters. The lowest BCUT2D eigenvalue weighted by Gasteiger charge is -1.99. The van der Waals surface area contributed by atoms with Gasteiger partial charge in [-0.25, -0.2) is 0 Å². The molecule has 0 fully saturated rings. The second-order valence-electron chi connectivity index (χ2n) is 3.24. The van der Waals surface area contributed by atoms with Crippen molar-refractivity contribution in [3.05, 3.63) is 0 Å². The minimum absolute atomic E-state index is 0. The molecule has 0 aliphatic rings. The Kier molecular flexibility index (Phi) is 51.3. The Morgan fingerprint density at radius 2 is 1.42 bits per heavy atom. The monoisotopic (exact) mass is 360 g/mol. The van der Waals surface area contributed by atoms with Crippen molar-refractivity contribution in [1.82, 2.24) is 0 Å². The van der Waals surface area contributed by atoms with Crippen molar-refractivity contribution in [2.24, 2.45) is 10.7 Å². The molecule has 0 aromatic rings. The van der Waals surface area contributed by atoms with E-state index in [0.29, 0.717) is 44.3 Å². The van der Waals surface area contributed by atoms with Crippen molar-refractivity contribution in [1.29, 1.82) is 21.2 Å². The van der Waals surface area contributed by atoms with Gasteiger partial charge in [0, 0.05) is 19.3 Å². The molecule has 0 aliphatic heterocycles. The summed E-state index contributed by atoms with van der Waals surface area (Å²) in [5.74, 6) is 0.891. The van der Waals surface area contributed by atoms with Gasteiger partial charge in [-0.3, -0.25) is 5.41 Å². The largest absolute Gasteiger partial charge is 0.481 e. The molecular formula is C15H29ClN6O2. The number of hydrogen-bond acceptors (Lipinski definition) is 8. The van der Waals surface area contributed by atoms with Gasteiger partial charge in [-0.05, 0) is 13.8 Å². The van der Waals surface area contributed by atoms with Gasteiger partial charge in [-0.1, -0.05) is 20.8 Å². The van der Waals surface area contributed by atoms with Gasteiger partial charge >= 0.3 is 0 Å². The first kappa shape index (κ1) is 33.2. The van der Waals surface area contributed by atoms with Gasteiger partial charge in [0.1, 0.15) is 0 Å². The van der Waals surface area contributed by atoms with Crippen LogP contribution >= 0.6 is 12.4 Å². The summed E-state index contributed by atoms with van der Waals surface area (Å²) in [4.78, 5) is 3.43. The Morgan fingerprint density at radius 3 is 1.58 bits per heavy atom. The molecule has 138 valence electrons. The van der Waals surface area contributed by atoms with E-state index in [9.17, 15) is 0 Å². The van der Waals surface area contributed by atoms with Crippen LogP contribution in [0.3, 0.4) is 0 Å². The predicted octanol–water partition coefficient (Wildman–Crippen LogP) is 3.49. The maximum absolute atomic E-state index is 8.08. The van der Waals surface area contributed by atoms with Crippen LogP contribution in [-0.2, 0) is 9.47 Å². The molecule has 0 bridgehead atoms. The normalized spacial score (nSPS) is 7.50. The highest BCUT2D eigenvalue weighted by Gasteiger charge is 1.91. The van der Waals surface area contributed by atoms with Gasteiger partial charge < -0.3 is 15.2 Å².